The number of rotatable bonds is 3. The van der Waals surface area contributed by atoms with Crippen LogP contribution in [0.5, 0.6) is 0 Å². The van der Waals surface area contributed by atoms with Crippen LogP contribution in [0.2, 0.25) is 0 Å². The van der Waals surface area contributed by atoms with Gasteiger partial charge in [-0.25, -0.2) is 0 Å². The summed E-state index contributed by atoms with van der Waals surface area (Å²) in [7, 11) is 0. The summed E-state index contributed by atoms with van der Waals surface area (Å²) >= 11 is 12.4. The van der Waals surface area contributed by atoms with Crippen LogP contribution < -0.4 is 5.73 Å². The molecule has 0 radical (unpaired) electrons. The molecule has 3 fully saturated rings. The Morgan fingerprint density at radius 2 is 1.78 bits per heavy atom. The number of piperidine rings is 1. The second-order valence-corrected chi connectivity index (χ2v) is 8.33. The highest BCUT2D eigenvalue weighted by atomic mass is 35.5. The summed E-state index contributed by atoms with van der Waals surface area (Å²) < 4.78 is 5.10. The zero-order valence-corrected chi connectivity index (χ0v) is 14.8. The Morgan fingerprint density at radius 3 is 2.35 bits per heavy atom. The molecule has 23 heavy (non-hydrogen) atoms. The van der Waals surface area contributed by atoms with Crippen molar-refractivity contribution in [3.8, 4) is 0 Å². The molecule has 1 amide bonds. The van der Waals surface area contributed by atoms with Crippen molar-refractivity contribution < 1.29 is 14.6 Å². The van der Waals surface area contributed by atoms with Crippen molar-refractivity contribution in [2.24, 2.45) is 23.5 Å². The van der Waals surface area contributed by atoms with Gasteiger partial charge in [-0.3, -0.25) is 4.79 Å². The molecule has 5 nitrogen and oxygen atoms in total. The Bertz CT molecular complexity index is 428. The molecule has 0 spiro atoms. The normalized spacial score (nSPS) is 38.2. The minimum absolute atomic E-state index is 0.000200. The van der Waals surface area contributed by atoms with E-state index in [1.54, 1.807) is 0 Å². The first-order valence-electron chi connectivity index (χ1n) is 8.55. The molecule has 2 saturated heterocycles. The molecule has 7 heteroatoms. The third kappa shape index (κ3) is 3.79. The largest absolute Gasteiger partial charge is 0.393 e. The van der Waals surface area contributed by atoms with E-state index in [1.807, 2.05) is 4.90 Å². The maximum absolute atomic E-state index is 12.2. The van der Waals surface area contributed by atoms with Gasteiger partial charge in [-0.05, 0) is 31.6 Å². The monoisotopic (exact) mass is 364 g/mol. The number of alkyl halides is 2. The summed E-state index contributed by atoms with van der Waals surface area (Å²) in [6.07, 6.45) is 2.47. The van der Waals surface area contributed by atoms with Gasteiger partial charge in [-0.1, -0.05) is 0 Å². The molecule has 1 aliphatic carbocycles. The quantitative estimate of drug-likeness (QED) is 0.737. The fraction of sp³-hybridized carbons (Fsp3) is 0.938. The molecule has 2 heterocycles. The molecule has 2 aliphatic heterocycles. The minimum atomic E-state index is -0.478. The van der Waals surface area contributed by atoms with E-state index in [9.17, 15) is 9.90 Å². The van der Waals surface area contributed by atoms with Crippen LogP contribution in [0, 0.1) is 17.8 Å². The van der Waals surface area contributed by atoms with Crippen molar-refractivity contribution in [3.05, 3.63) is 0 Å². The molecule has 0 bridgehead atoms. The number of nitrogens with two attached hydrogens (primary N) is 1. The predicted molar refractivity (Wildman–Crippen MR) is 89.6 cm³/mol. The first kappa shape index (κ1) is 17.7. The van der Waals surface area contributed by atoms with Gasteiger partial charge in [-0.2, -0.15) is 0 Å². The van der Waals surface area contributed by atoms with E-state index < -0.39 is 6.10 Å². The third-order valence-electron chi connectivity index (χ3n) is 5.73. The molecule has 3 N–H and O–H groups in total. The number of carbonyl (C=O) groups excluding carboxylic acids is 1. The lowest BCUT2D eigenvalue weighted by Gasteiger charge is -2.43. The van der Waals surface area contributed by atoms with E-state index >= 15 is 0 Å². The number of aliphatic hydroxyl groups is 1. The van der Waals surface area contributed by atoms with E-state index in [4.69, 9.17) is 33.7 Å². The van der Waals surface area contributed by atoms with Gasteiger partial charge in [0.25, 0.3) is 0 Å². The van der Waals surface area contributed by atoms with E-state index in [-0.39, 0.29) is 34.5 Å². The number of aliphatic hydroxyl groups excluding tert-OH is 1. The van der Waals surface area contributed by atoms with Gasteiger partial charge < -0.3 is 20.5 Å². The number of ether oxygens (including phenoxy) is 1. The summed E-state index contributed by atoms with van der Waals surface area (Å²) in [4.78, 5) is 14.2. The van der Waals surface area contributed by atoms with Crippen LogP contribution >= 0.6 is 23.2 Å². The minimum Gasteiger partial charge on any atom is -0.393 e. The Kier molecular flexibility index (Phi) is 5.74. The Labute approximate surface area is 147 Å². The number of carbonyl (C=O) groups is 1. The molecule has 0 aromatic heterocycles. The van der Waals surface area contributed by atoms with Crippen LogP contribution in [0.4, 0.5) is 0 Å². The van der Waals surface area contributed by atoms with Crippen molar-refractivity contribution in [1.82, 2.24) is 4.90 Å². The summed E-state index contributed by atoms with van der Waals surface area (Å²) in [5.41, 5.74) is 6.45. The Balaban J connectivity index is 1.51. The van der Waals surface area contributed by atoms with Crippen LogP contribution in [-0.4, -0.2) is 65.1 Å². The Hall–Kier alpha value is -0.0700. The third-order valence-corrected chi connectivity index (χ3v) is 6.82. The number of likely N-dealkylation sites (tertiary alicyclic amines) is 1. The first-order valence-corrected chi connectivity index (χ1v) is 9.43. The average Bonchev–Trinajstić information content (AvgIpc) is 2.48. The van der Waals surface area contributed by atoms with E-state index in [0.29, 0.717) is 32.0 Å². The molecule has 5 atom stereocenters. The smallest absolute Gasteiger partial charge is 0.230 e. The molecule has 132 valence electrons. The Morgan fingerprint density at radius 1 is 1.17 bits per heavy atom. The molecular weight excluding hydrogens is 339 g/mol. The molecule has 1 saturated carbocycles. The number of hydrogen-bond acceptors (Lipinski definition) is 4. The number of hydrogen-bond donors (Lipinski definition) is 2. The van der Waals surface area contributed by atoms with E-state index in [0.717, 1.165) is 25.9 Å². The van der Waals surface area contributed by atoms with Crippen molar-refractivity contribution >= 4 is 29.1 Å². The topological polar surface area (TPSA) is 75.8 Å². The zero-order valence-electron chi connectivity index (χ0n) is 13.2. The highest BCUT2D eigenvalue weighted by molar-refractivity contribution is 6.30. The lowest BCUT2D eigenvalue weighted by Crippen LogP contribution is -2.53. The molecular formula is C16H26Cl2N2O3. The van der Waals surface area contributed by atoms with Gasteiger partial charge in [0.1, 0.15) is 0 Å². The maximum Gasteiger partial charge on any atom is 0.230 e. The highest BCUT2D eigenvalue weighted by Crippen LogP contribution is 2.37. The zero-order chi connectivity index (χ0) is 16.6. The molecule has 0 aromatic carbocycles. The predicted octanol–water partition coefficient (Wildman–Crippen LogP) is 1.18. The van der Waals surface area contributed by atoms with Crippen LogP contribution in [0.1, 0.15) is 25.7 Å². The molecule has 3 rings (SSSR count). The standard InChI is InChI=1S/C16H26Cl2N2O3/c17-12-5-11(14(21)6-13(12)18)15(19)9-1-3-20(4-2-9)16(22)10-7-23-8-10/h9-15,21H,1-8,19H2. The van der Waals surface area contributed by atoms with Crippen molar-refractivity contribution in [2.45, 2.75) is 48.6 Å². The van der Waals surface area contributed by atoms with Crippen LogP contribution in [-0.2, 0) is 9.53 Å². The lowest BCUT2D eigenvalue weighted by molar-refractivity contribution is -0.151. The van der Waals surface area contributed by atoms with E-state index in [2.05, 4.69) is 0 Å². The number of halogens is 2. The molecule has 0 aromatic rings. The van der Waals surface area contributed by atoms with Crippen molar-refractivity contribution in [3.63, 3.8) is 0 Å². The fourth-order valence-corrected chi connectivity index (χ4v) is 4.62. The fourth-order valence-electron chi connectivity index (χ4n) is 4.02. The second kappa shape index (κ2) is 7.44. The summed E-state index contributed by atoms with van der Waals surface area (Å²) in [5.74, 6) is 0.594. The van der Waals surface area contributed by atoms with Gasteiger partial charge in [0.2, 0.25) is 5.91 Å². The SMILES string of the molecule is NC(C1CCN(C(=O)C2COC2)CC1)C1CC(Cl)C(Cl)CC1O. The van der Waals surface area contributed by atoms with Gasteiger partial charge in [-0.15, -0.1) is 23.2 Å². The van der Waals surface area contributed by atoms with Crippen molar-refractivity contribution in [2.75, 3.05) is 26.3 Å². The maximum atomic E-state index is 12.2. The molecule has 5 unspecified atom stereocenters. The number of amides is 1. The highest BCUT2D eigenvalue weighted by Gasteiger charge is 2.41. The summed E-state index contributed by atoms with van der Waals surface area (Å²) in [5, 5.41) is 10.00. The first-order chi connectivity index (χ1) is 11.0. The van der Waals surface area contributed by atoms with Gasteiger partial charge >= 0.3 is 0 Å². The second-order valence-electron chi connectivity index (χ2n) is 7.21. The number of nitrogens with zero attached hydrogens (tertiary/aromatic N) is 1. The van der Waals surface area contributed by atoms with Crippen LogP contribution in [0.3, 0.4) is 0 Å². The average molecular weight is 365 g/mol. The summed E-state index contributed by atoms with van der Waals surface area (Å²) in [6, 6.07) is -0.0836. The van der Waals surface area contributed by atoms with Crippen LogP contribution in [0.15, 0.2) is 0 Å². The lowest BCUT2D eigenvalue weighted by atomic mass is 9.74. The van der Waals surface area contributed by atoms with Crippen molar-refractivity contribution in [1.29, 1.82) is 0 Å². The van der Waals surface area contributed by atoms with Crippen LogP contribution in [0.25, 0.3) is 0 Å². The van der Waals surface area contributed by atoms with Gasteiger partial charge in [0, 0.05) is 25.0 Å². The van der Waals surface area contributed by atoms with Gasteiger partial charge in [0.15, 0.2) is 0 Å². The van der Waals surface area contributed by atoms with Gasteiger partial charge in [0.05, 0.1) is 36.0 Å². The van der Waals surface area contributed by atoms with E-state index in [1.165, 1.54) is 0 Å². The molecule has 3 aliphatic rings. The summed E-state index contributed by atoms with van der Waals surface area (Å²) in [6.45, 7) is 2.62.